The normalized spacial score (nSPS) is 21.2. The van der Waals surface area contributed by atoms with Crippen molar-refractivity contribution in [2.75, 3.05) is 44.6 Å². The summed E-state index contributed by atoms with van der Waals surface area (Å²) >= 11 is 0. The molecule has 0 spiro atoms. The zero-order chi connectivity index (χ0) is 22.3. The lowest BCUT2D eigenvalue weighted by atomic mass is 9.95. The van der Waals surface area contributed by atoms with Crippen LogP contribution < -0.4 is 10.1 Å². The number of ether oxygens (including phenoxy) is 1. The van der Waals surface area contributed by atoms with Crippen LogP contribution in [-0.2, 0) is 18.3 Å². The summed E-state index contributed by atoms with van der Waals surface area (Å²) in [6, 6.07) is 9.19. The fourth-order valence-corrected chi connectivity index (χ4v) is 4.94. The first-order valence-electron chi connectivity index (χ1n) is 12.0. The SMILES string of the molecule is Cc1nn(C)cc1NC(=O)CN1CCCOc2cccc(c2)CCC2CCCCN2CC1. The molecule has 1 amide bonds. The number of nitrogens with one attached hydrogen (secondary N) is 1. The maximum Gasteiger partial charge on any atom is 0.238 e. The smallest absolute Gasteiger partial charge is 0.238 e. The highest BCUT2D eigenvalue weighted by atomic mass is 16.5. The molecule has 3 heterocycles. The Morgan fingerprint density at radius 2 is 2.06 bits per heavy atom. The Labute approximate surface area is 191 Å². The molecule has 7 nitrogen and oxygen atoms in total. The summed E-state index contributed by atoms with van der Waals surface area (Å²) in [6.07, 6.45) is 8.90. The lowest BCUT2D eigenvalue weighted by Gasteiger charge is -2.37. The third-order valence-electron chi connectivity index (χ3n) is 6.66. The van der Waals surface area contributed by atoms with Crippen molar-refractivity contribution in [3.8, 4) is 5.75 Å². The standard InChI is InChI=1S/C25H37N5O2/c1-20-24(18-28(2)27-20)26-25(31)19-29-12-6-16-32-23-9-5-7-21(17-23)10-11-22-8-3-4-13-30(22)15-14-29/h5,7,9,17-18,22H,3-4,6,8,10-16,19H2,1-2H3,(H,26,31). The highest BCUT2D eigenvalue weighted by Gasteiger charge is 2.23. The van der Waals surface area contributed by atoms with Crippen LogP contribution in [0.25, 0.3) is 0 Å². The monoisotopic (exact) mass is 439 g/mol. The van der Waals surface area contributed by atoms with Gasteiger partial charge in [0.05, 0.1) is 24.5 Å². The Balaban J connectivity index is 1.42. The second-order valence-corrected chi connectivity index (χ2v) is 9.20. The molecule has 1 aromatic heterocycles. The summed E-state index contributed by atoms with van der Waals surface area (Å²) in [7, 11) is 1.87. The Morgan fingerprint density at radius 1 is 1.16 bits per heavy atom. The van der Waals surface area contributed by atoms with Gasteiger partial charge in [0.25, 0.3) is 0 Å². The van der Waals surface area contributed by atoms with E-state index in [0.29, 0.717) is 19.2 Å². The number of amides is 1. The predicted molar refractivity (Wildman–Crippen MR) is 127 cm³/mol. The highest BCUT2D eigenvalue weighted by Crippen LogP contribution is 2.23. The van der Waals surface area contributed by atoms with Crippen LogP contribution in [0, 0.1) is 6.92 Å². The van der Waals surface area contributed by atoms with Gasteiger partial charge in [0.15, 0.2) is 0 Å². The summed E-state index contributed by atoms with van der Waals surface area (Å²) in [4.78, 5) is 17.7. The number of aryl methyl sites for hydroxylation is 3. The summed E-state index contributed by atoms with van der Waals surface area (Å²) in [5.74, 6) is 0.974. The Bertz CT molecular complexity index is 896. The first-order valence-corrected chi connectivity index (χ1v) is 12.0. The van der Waals surface area contributed by atoms with E-state index in [-0.39, 0.29) is 5.91 Å². The van der Waals surface area contributed by atoms with E-state index in [9.17, 15) is 4.79 Å². The summed E-state index contributed by atoms with van der Waals surface area (Å²) < 4.78 is 7.75. The van der Waals surface area contributed by atoms with Crippen LogP contribution in [-0.4, -0.2) is 70.9 Å². The number of carbonyl (C=O) groups is 1. The molecule has 0 radical (unpaired) electrons. The van der Waals surface area contributed by atoms with Crippen molar-refractivity contribution < 1.29 is 9.53 Å². The van der Waals surface area contributed by atoms with Crippen molar-refractivity contribution in [3.63, 3.8) is 0 Å². The van der Waals surface area contributed by atoms with Crippen LogP contribution in [0.5, 0.6) is 5.75 Å². The minimum absolute atomic E-state index is 0.0195. The van der Waals surface area contributed by atoms with Gasteiger partial charge in [0.2, 0.25) is 5.91 Å². The second-order valence-electron chi connectivity index (χ2n) is 9.20. The van der Waals surface area contributed by atoms with Gasteiger partial charge in [-0.3, -0.25) is 19.3 Å². The molecule has 1 N–H and O–H groups in total. The molecule has 174 valence electrons. The van der Waals surface area contributed by atoms with Crippen LogP contribution in [0.15, 0.2) is 30.5 Å². The van der Waals surface area contributed by atoms with Crippen LogP contribution in [0.2, 0.25) is 0 Å². The van der Waals surface area contributed by atoms with Crippen molar-refractivity contribution in [3.05, 3.63) is 41.7 Å². The number of aromatic nitrogens is 2. The Hall–Kier alpha value is -2.38. The van der Waals surface area contributed by atoms with Gasteiger partial charge in [-0.05, 0) is 63.3 Å². The van der Waals surface area contributed by atoms with E-state index < -0.39 is 0 Å². The van der Waals surface area contributed by atoms with E-state index in [0.717, 1.165) is 49.6 Å². The number of nitrogens with zero attached hydrogens (tertiary/aromatic N) is 4. The van der Waals surface area contributed by atoms with E-state index >= 15 is 0 Å². The highest BCUT2D eigenvalue weighted by molar-refractivity contribution is 5.92. The van der Waals surface area contributed by atoms with Gasteiger partial charge in [-0.15, -0.1) is 0 Å². The van der Waals surface area contributed by atoms with Crippen molar-refractivity contribution in [1.82, 2.24) is 19.6 Å². The lowest BCUT2D eigenvalue weighted by Crippen LogP contribution is -2.45. The molecular formula is C25H37N5O2. The molecule has 4 rings (SSSR count). The average molecular weight is 440 g/mol. The molecule has 2 aromatic rings. The molecule has 7 heteroatoms. The number of fused-ring (bicyclic) bond motifs is 3. The summed E-state index contributed by atoms with van der Waals surface area (Å²) in [6.45, 7) is 6.91. The van der Waals surface area contributed by atoms with Crippen molar-refractivity contribution in [2.45, 2.75) is 51.5 Å². The first kappa shape index (κ1) is 22.8. The van der Waals surface area contributed by atoms with Gasteiger partial charge < -0.3 is 10.1 Å². The van der Waals surface area contributed by atoms with E-state index in [1.54, 1.807) is 4.68 Å². The van der Waals surface area contributed by atoms with Crippen LogP contribution in [0.3, 0.4) is 0 Å². The minimum Gasteiger partial charge on any atom is -0.494 e. The summed E-state index contributed by atoms with van der Waals surface area (Å²) in [5.41, 5.74) is 3.00. The van der Waals surface area contributed by atoms with Gasteiger partial charge in [-0.25, -0.2) is 0 Å². The quantitative estimate of drug-likeness (QED) is 0.796. The van der Waals surface area contributed by atoms with Gasteiger partial charge >= 0.3 is 0 Å². The maximum absolute atomic E-state index is 12.8. The molecule has 1 aromatic carbocycles. The Kier molecular flexibility index (Phi) is 7.81. The maximum atomic E-state index is 12.8. The topological polar surface area (TPSA) is 62.6 Å². The number of benzene rings is 1. The summed E-state index contributed by atoms with van der Waals surface area (Å²) in [5, 5.41) is 7.35. The molecule has 1 unspecified atom stereocenters. The van der Waals surface area contributed by atoms with Crippen LogP contribution in [0.1, 0.15) is 43.4 Å². The average Bonchev–Trinajstić information content (AvgIpc) is 3.10. The second kappa shape index (κ2) is 11.0. The molecule has 2 bridgehead atoms. The molecule has 1 fully saturated rings. The molecule has 32 heavy (non-hydrogen) atoms. The van der Waals surface area contributed by atoms with Gasteiger partial charge in [0, 0.05) is 38.9 Å². The number of hydrogen-bond donors (Lipinski definition) is 1. The molecule has 0 saturated carbocycles. The molecule has 1 saturated heterocycles. The zero-order valence-corrected chi connectivity index (χ0v) is 19.6. The van der Waals surface area contributed by atoms with Crippen LogP contribution in [0.4, 0.5) is 5.69 Å². The van der Waals surface area contributed by atoms with E-state index in [1.165, 1.54) is 37.8 Å². The van der Waals surface area contributed by atoms with Crippen LogP contribution >= 0.6 is 0 Å². The number of carbonyl (C=O) groups excluding carboxylic acids is 1. The largest absolute Gasteiger partial charge is 0.494 e. The number of anilines is 1. The number of rotatable bonds is 3. The minimum atomic E-state index is 0.0195. The molecule has 1 atom stereocenters. The molecular weight excluding hydrogens is 402 g/mol. The Morgan fingerprint density at radius 3 is 2.91 bits per heavy atom. The van der Waals surface area contributed by atoms with E-state index in [2.05, 4.69) is 38.4 Å². The predicted octanol–water partition coefficient (Wildman–Crippen LogP) is 3.24. The van der Waals surface area contributed by atoms with E-state index in [4.69, 9.17) is 4.74 Å². The number of piperidine rings is 1. The van der Waals surface area contributed by atoms with Gasteiger partial charge in [-0.2, -0.15) is 5.10 Å². The third-order valence-corrected chi connectivity index (χ3v) is 6.66. The third kappa shape index (κ3) is 6.33. The zero-order valence-electron chi connectivity index (χ0n) is 19.6. The fourth-order valence-electron chi connectivity index (χ4n) is 4.94. The van der Waals surface area contributed by atoms with Gasteiger partial charge in [0.1, 0.15) is 5.75 Å². The van der Waals surface area contributed by atoms with Crippen molar-refractivity contribution in [2.24, 2.45) is 7.05 Å². The lowest BCUT2D eigenvalue weighted by molar-refractivity contribution is -0.117. The number of hydrogen-bond acceptors (Lipinski definition) is 5. The van der Waals surface area contributed by atoms with Crippen molar-refractivity contribution in [1.29, 1.82) is 0 Å². The van der Waals surface area contributed by atoms with E-state index in [1.807, 2.05) is 26.2 Å². The fraction of sp³-hybridized carbons (Fsp3) is 0.600. The molecule has 2 aliphatic heterocycles. The molecule has 2 aliphatic rings. The first-order chi connectivity index (χ1) is 15.6. The molecule has 0 aliphatic carbocycles. The van der Waals surface area contributed by atoms with Crippen molar-refractivity contribution >= 4 is 11.6 Å². The van der Waals surface area contributed by atoms with Gasteiger partial charge in [-0.1, -0.05) is 18.6 Å².